The van der Waals surface area contributed by atoms with Crippen LogP contribution in [0.3, 0.4) is 0 Å². The van der Waals surface area contributed by atoms with E-state index >= 15 is 0 Å². The second-order valence-electron chi connectivity index (χ2n) is 5.26. The maximum atomic E-state index is 12.4. The minimum absolute atomic E-state index is 0.227. The zero-order chi connectivity index (χ0) is 16.7. The molecule has 1 N–H and O–H groups in total. The Morgan fingerprint density at radius 1 is 0.957 bits per heavy atom. The Kier molecular flexibility index (Phi) is 5.92. The van der Waals surface area contributed by atoms with Gasteiger partial charge in [0.2, 0.25) is 0 Å². The number of carbonyl (C=O) groups excluding carboxylic acids is 1. The molecular formula is C19H20O4. The maximum Gasteiger partial charge on any atom is 0.310 e. The van der Waals surface area contributed by atoms with E-state index in [-0.39, 0.29) is 18.9 Å². The predicted octanol–water partition coefficient (Wildman–Crippen LogP) is 3.47. The van der Waals surface area contributed by atoms with Crippen molar-refractivity contribution in [1.82, 2.24) is 0 Å². The second-order valence-corrected chi connectivity index (χ2v) is 5.26. The summed E-state index contributed by atoms with van der Waals surface area (Å²) in [4.78, 5) is 23.7. The average Bonchev–Trinajstić information content (AvgIpc) is 2.56. The molecule has 0 radical (unpaired) electrons. The molecular weight excluding hydrogens is 292 g/mol. The molecule has 0 fully saturated rings. The summed E-state index contributed by atoms with van der Waals surface area (Å²) in [6.07, 6.45) is -0.271. The zero-order valence-corrected chi connectivity index (χ0v) is 13.0. The van der Waals surface area contributed by atoms with Gasteiger partial charge in [0.25, 0.3) is 0 Å². The predicted molar refractivity (Wildman–Crippen MR) is 87.1 cm³/mol. The van der Waals surface area contributed by atoms with Gasteiger partial charge in [-0.2, -0.15) is 0 Å². The lowest BCUT2D eigenvalue weighted by Crippen LogP contribution is -2.28. The highest BCUT2D eigenvalue weighted by Crippen LogP contribution is 2.34. The molecule has 1 atom stereocenters. The molecule has 0 unspecified atom stereocenters. The summed E-state index contributed by atoms with van der Waals surface area (Å²) in [7, 11) is 0. The number of carboxylic acid groups (broad SMARTS) is 1. The Hall–Kier alpha value is -2.62. The first-order valence-electron chi connectivity index (χ1n) is 7.61. The highest BCUT2D eigenvalue weighted by atomic mass is 16.5. The lowest BCUT2D eigenvalue weighted by molar-refractivity contribution is -0.153. The largest absolute Gasteiger partial charge is 0.481 e. The third kappa shape index (κ3) is 4.42. The molecule has 0 heterocycles. The molecule has 0 amide bonds. The van der Waals surface area contributed by atoms with Crippen LogP contribution in [0.5, 0.6) is 0 Å². The van der Waals surface area contributed by atoms with Gasteiger partial charge in [0, 0.05) is 5.92 Å². The molecule has 2 rings (SSSR count). The number of benzene rings is 2. The Labute approximate surface area is 135 Å². The average molecular weight is 312 g/mol. The number of carboxylic acids is 1. The number of aliphatic carboxylic acids is 1. The molecule has 4 nitrogen and oxygen atoms in total. The monoisotopic (exact) mass is 312 g/mol. The van der Waals surface area contributed by atoms with Crippen LogP contribution in [0.1, 0.15) is 30.4 Å². The molecule has 0 saturated heterocycles. The summed E-state index contributed by atoms with van der Waals surface area (Å²) < 4.78 is 5.13. The van der Waals surface area contributed by atoms with Crippen LogP contribution in [0.25, 0.3) is 0 Å². The SMILES string of the molecule is CCOC(=O)[C@@H](CC(=O)O)C(c1ccccc1)c1ccccc1. The summed E-state index contributed by atoms with van der Waals surface area (Å²) in [5.74, 6) is -2.61. The van der Waals surface area contributed by atoms with Gasteiger partial charge in [-0.25, -0.2) is 0 Å². The van der Waals surface area contributed by atoms with Crippen LogP contribution < -0.4 is 0 Å². The quantitative estimate of drug-likeness (QED) is 0.795. The van der Waals surface area contributed by atoms with E-state index in [4.69, 9.17) is 4.74 Å². The lowest BCUT2D eigenvalue weighted by Gasteiger charge is -2.25. The first-order valence-corrected chi connectivity index (χ1v) is 7.61. The number of carbonyl (C=O) groups is 2. The van der Waals surface area contributed by atoms with Crippen LogP contribution >= 0.6 is 0 Å². The molecule has 0 saturated carbocycles. The molecule has 2 aromatic carbocycles. The Morgan fingerprint density at radius 2 is 1.43 bits per heavy atom. The van der Waals surface area contributed by atoms with Gasteiger partial charge in [0.05, 0.1) is 18.9 Å². The third-order valence-electron chi connectivity index (χ3n) is 3.70. The molecule has 0 aromatic heterocycles. The van der Waals surface area contributed by atoms with Crippen molar-refractivity contribution in [1.29, 1.82) is 0 Å². The van der Waals surface area contributed by atoms with Crippen molar-refractivity contribution >= 4 is 11.9 Å². The highest BCUT2D eigenvalue weighted by molar-refractivity contribution is 5.80. The smallest absolute Gasteiger partial charge is 0.310 e. The number of ether oxygens (including phenoxy) is 1. The fourth-order valence-corrected chi connectivity index (χ4v) is 2.75. The maximum absolute atomic E-state index is 12.4. The number of hydrogen-bond donors (Lipinski definition) is 1. The molecule has 120 valence electrons. The van der Waals surface area contributed by atoms with E-state index < -0.39 is 17.9 Å². The van der Waals surface area contributed by atoms with Crippen LogP contribution in [0, 0.1) is 5.92 Å². The molecule has 2 aromatic rings. The van der Waals surface area contributed by atoms with E-state index in [1.165, 1.54) is 0 Å². The van der Waals surface area contributed by atoms with Gasteiger partial charge in [0.15, 0.2) is 0 Å². The molecule has 0 aliphatic rings. The standard InChI is InChI=1S/C19H20O4/c1-2-23-19(22)16(13-17(20)21)18(14-9-5-3-6-10-14)15-11-7-4-8-12-15/h3-12,16,18H,2,13H2,1H3,(H,20,21)/t16-/m0/s1. The molecule has 0 aliphatic carbocycles. The molecule has 0 bridgehead atoms. The van der Waals surface area contributed by atoms with E-state index in [2.05, 4.69) is 0 Å². The van der Waals surface area contributed by atoms with Crippen molar-refractivity contribution in [3.63, 3.8) is 0 Å². The summed E-state index contributed by atoms with van der Waals surface area (Å²) in [5.41, 5.74) is 1.80. The highest BCUT2D eigenvalue weighted by Gasteiger charge is 2.33. The number of rotatable bonds is 7. The number of hydrogen-bond acceptors (Lipinski definition) is 3. The Balaban J connectivity index is 2.48. The summed E-state index contributed by atoms with van der Waals surface area (Å²) in [6, 6.07) is 18.9. The lowest BCUT2D eigenvalue weighted by atomic mass is 9.79. The van der Waals surface area contributed by atoms with Crippen LogP contribution in [-0.2, 0) is 14.3 Å². The van der Waals surface area contributed by atoms with Crippen molar-refractivity contribution in [2.24, 2.45) is 5.92 Å². The van der Waals surface area contributed by atoms with Gasteiger partial charge in [-0.05, 0) is 18.1 Å². The third-order valence-corrected chi connectivity index (χ3v) is 3.70. The van der Waals surface area contributed by atoms with Gasteiger partial charge < -0.3 is 9.84 Å². The van der Waals surface area contributed by atoms with Gasteiger partial charge >= 0.3 is 11.9 Å². The van der Waals surface area contributed by atoms with E-state index in [1.54, 1.807) is 6.92 Å². The van der Waals surface area contributed by atoms with Crippen LogP contribution in [0.15, 0.2) is 60.7 Å². The fraction of sp³-hybridized carbons (Fsp3) is 0.263. The van der Waals surface area contributed by atoms with Crippen molar-refractivity contribution in [2.75, 3.05) is 6.61 Å². The van der Waals surface area contributed by atoms with Gasteiger partial charge in [-0.15, -0.1) is 0 Å². The minimum atomic E-state index is -1.01. The van der Waals surface area contributed by atoms with Crippen molar-refractivity contribution in [3.05, 3.63) is 71.8 Å². The van der Waals surface area contributed by atoms with E-state index in [9.17, 15) is 14.7 Å². The molecule has 4 heteroatoms. The first-order chi connectivity index (χ1) is 11.1. The number of esters is 1. The first kappa shape index (κ1) is 16.7. The summed E-state index contributed by atoms with van der Waals surface area (Å²) in [6.45, 7) is 1.95. The Bertz CT molecular complexity index is 597. The molecule has 23 heavy (non-hydrogen) atoms. The van der Waals surface area contributed by atoms with Gasteiger partial charge in [-0.1, -0.05) is 60.7 Å². The van der Waals surface area contributed by atoms with Crippen LogP contribution in [0.2, 0.25) is 0 Å². The molecule has 0 aliphatic heterocycles. The fourth-order valence-electron chi connectivity index (χ4n) is 2.75. The van der Waals surface area contributed by atoms with Crippen molar-refractivity contribution in [3.8, 4) is 0 Å². The summed E-state index contributed by atoms with van der Waals surface area (Å²) in [5, 5.41) is 9.24. The second kappa shape index (κ2) is 8.13. The van der Waals surface area contributed by atoms with Gasteiger partial charge in [0.1, 0.15) is 0 Å². The van der Waals surface area contributed by atoms with Crippen LogP contribution in [0.4, 0.5) is 0 Å². The van der Waals surface area contributed by atoms with E-state index in [1.807, 2.05) is 60.7 Å². The van der Waals surface area contributed by atoms with Gasteiger partial charge in [-0.3, -0.25) is 9.59 Å². The summed E-state index contributed by atoms with van der Waals surface area (Å²) >= 11 is 0. The normalized spacial score (nSPS) is 11.9. The van der Waals surface area contributed by atoms with E-state index in [0.29, 0.717) is 0 Å². The minimum Gasteiger partial charge on any atom is -0.481 e. The van der Waals surface area contributed by atoms with E-state index in [0.717, 1.165) is 11.1 Å². The van der Waals surface area contributed by atoms with Crippen molar-refractivity contribution in [2.45, 2.75) is 19.3 Å². The topological polar surface area (TPSA) is 63.6 Å². The van der Waals surface area contributed by atoms with Crippen LogP contribution in [-0.4, -0.2) is 23.7 Å². The zero-order valence-electron chi connectivity index (χ0n) is 13.0. The van der Waals surface area contributed by atoms with Crippen molar-refractivity contribution < 1.29 is 19.4 Å². The molecule has 0 spiro atoms. The Morgan fingerprint density at radius 3 is 1.83 bits per heavy atom.